The summed E-state index contributed by atoms with van der Waals surface area (Å²) in [5.74, 6) is 0.911. The minimum atomic E-state index is -0.609. The number of hydrogen-bond acceptors (Lipinski definition) is 6. The molecule has 1 unspecified atom stereocenters. The van der Waals surface area contributed by atoms with Gasteiger partial charge in [0.1, 0.15) is 19.0 Å². The molecule has 7 heteroatoms. The average Bonchev–Trinajstić information content (AvgIpc) is 2.75. The summed E-state index contributed by atoms with van der Waals surface area (Å²) in [6.45, 7) is 8.60. The molecule has 0 bridgehead atoms. The monoisotopic (exact) mass is 427 g/mol. The van der Waals surface area contributed by atoms with Crippen LogP contribution in [-0.2, 0) is 19.7 Å². The molecule has 2 aromatic rings. The molecule has 7 nitrogen and oxygen atoms in total. The third-order valence-electron chi connectivity index (χ3n) is 4.89. The zero-order valence-corrected chi connectivity index (χ0v) is 18.4. The van der Waals surface area contributed by atoms with Gasteiger partial charge in [0.15, 0.2) is 24.7 Å². The van der Waals surface area contributed by atoms with Gasteiger partial charge < -0.3 is 24.3 Å². The lowest BCUT2D eigenvalue weighted by molar-refractivity contribution is -0.150. The van der Waals surface area contributed by atoms with Gasteiger partial charge in [0.25, 0.3) is 5.91 Å². The van der Waals surface area contributed by atoms with Gasteiger partial charge in [-0.3, -0.25) is 4.79 Å². The summed E-state index contributed by atoms with van der Waals surface area (Å²) in [7, 11) is 0. The highest BCUT2D eigenvalue weighted by atomic mass is 16.6. The van der Waals surface area contributed by atoms with Crippen LogP contribution in [0.3, 0.4) is 0 Å². The van der Waals surface area contributed by atoms with E-state index in [0.29, 0.717) is 30.5 Å². The standard InChI is InChI=1S/C24H29NO6/c1-16(17-5-10-20-21(13-17)29-12-11-28-20)25-22(26)14-31-23(27)15-30-19-8-6-18(7-9-19)24(2,3)4/h5-10,13,16H,11-12,14-15H2,1-4H3,(H,25,26). The molecule has 0 saturated heterocycles. The molecule has 2 aromatic carbocycles. The lowest BCUT2D eigenvalue weighted by atomic mass is 9.87. The van der Waals surface area contributed by atoms with E-state index in [9.17, 15) is 9.59 Å². The van der Waals surface area contributed by atoms with Crippen LogP contribution in [0.1, 0.15) is 44.9 Å². The number of amides is 1. The average molecular weight is 427 g/mol. The molecular weight excluding hydrogens is 398 g/mol. The fourth-order valence-corrected chi connectivity index (χ4v) is 3.08. The van der Waals surface area contributed by atoms with Gasteiger partial charge in [0, 0.05) is 0 Å². The van der Waals surface area contributed by atoms with Gasteiger partial charge in [-0.25, -0.2) is 4.79 Å². The fourth-order valence-electron chi connectivity index (χ4n) is 3.08. The van der Waals surface area contributed by atoms with Crippen molar-refractivity contribution >= 4 is 11.9 Å². The van der Waals surface area contributed by atoms with Crippen molar-refractivity contribution in [1.29, 1.82) is 0 Å². The van der Waals surface area contributed by atoms with Gasteiger partial charge in [0.05, 0.1) is 6.04 Å². The number of esters is 1. The molecule has 0 saturated carbocycles. The minimum absolute atomic E-state index is 0.0435. The maximum absolute atomic E-state index is 12.1. The maximum Gasteiger partial charge on any atom is 0.344 e. The number of ether oxygens (including phenoxy) is 4. The lowest BCUT2D eigenvalue weighted by Gasteiger charge is -2.21. The first kappa shape index (κ1) is 22.5. The molecule has 1 aliphatic heterocycles. The summed E-state index contributed by atoms with van der Waals surface area (Å²) in [5.41, 5.74) is 2.08. The minimum Gasteiger partial charge on any atom is -0.486 e. The molecule has 1 N–H and O–H groups in total. The molecule has 0 aromatic heterocycles. The second-order valence-electron chi connectivity index (χ2n) is 8.42. The topological polar surface area (TPSA) is 83.1 Å². The third kappa shape index (κ3) is 6.38. The summed E-state index contributed by atoms with van der Waals surface area (Å²) in [6, 6.07) is 12.8. The van der Waals surface area contributed by atoms with E-state index in [1.54, 1.807) is 0 Å². The SMILES string of the molecule is CC(NC(=O)COC(=O)COc1ccc(C(C)(C)C)cc1)c1ccc2c(c1)OCCO2. The Balaban J connectivity index is 1.41. The molecular formula is C24H29NO6. The molecule has 0 radical (unpaired) electrons. The summed E-state index contributed by atoms with van der Waals surface area (Å²) >= 11 is 0. The van der Waals surface area contributed by atoms with Crippen molar-refractivity contribution in [3.8, 4) is 17.2 Å². The zero-order chi connectivity index (χ0) is 22.4. The maximum atomic E-state index is 12.1. The second-order valence-corrected chi connectivity index (χ2v) is 8.42. The highest BCUT2D eigenvalue weighted by Crippen LogP contribution is 2.32. The molecule has 1 heterocycles. The number of nitrogens with one attached hydrogen (secondary N) is 1. The second kappa shape index (κ2) is 9.73. The predicted octanol–water partition coefficient (Wildman–Crippen LogP) is 3.55. The van der Waals surface area contributed by atoms with E-state index in [4.69, 9.17) is 18.9 Å². The number of hydrogen-bond donors (Lipinski definition) is 1. The van der Waals surface area contributed by atoms with E-state index < -0.39 is 11.9 Å². The summed E-state index contributed by atoms with van der Waals surface area (Å²) in [6.07, 6.45) is 0. The van der Waals surface area contributed by atoms with Crippen LogP contribution in [0.5, 0.6) is 17.2 Å². The van der Waals surface area contributed by atoms with Gasteiger partial charge in [0.2, 0.25) is 0 Å². The van der Waals surface area contributed by atoms with Gasteiger partial charge in [-0.1, -0.05) is 39.0 Å². The Morgan fingerprint density at radius 3 is 2.35 bits per heavy atom. The predicted molar refractivity (Wildman–Crippen MR) is 116 cm³/mol. The van der Waals surface area contributed by atoms with Crippen molar-refractivity contribution in [3.63, 3.8) is 0 Å². The molecule has 166 valence electrons. The van der Waals surface area contributed by atoms with Crippen molar-refractivity contribution in [3.05, 3.63) is 53.6 Å². The van der Waals surface area contributed by atoms with Gasteiger partial charge in [-0.2, -0.15) is 0 Å². The lowest BCUT2D eigenvalue weighted by Crippen LogP contribution is -2.32. The molecule has 0 aliphatic carbocycles. The Labute approximate surface area is 182 Å². The Hall–Kier alpha value is -3.22. The van der Waals surface area contributed by atoms with Gasteiger partial charge in [-0.05, 0) is 47.7 Å². The van der Waals surface area contributed by atoms with E-state index in [0.717, 1.165) is 5.56 Å². The van der Waals surface area contributed by atoms with Crippen molar-refractivity contribution in [2.75, 3.05) is 26.4 Å². The fraction of sp³-hybridized carbons (Fsp3) is 0.417. The number of carbonyl (C=O) groups excluding carboxylic acids is 2. The van der Waals surface area contributed by atoms with Crippen molar-refractivity contribution < 1.29 is 28.5 Å². The molecule has 0 fully saturated rings. The number of rotatable bonds is 7. The van der Waals surface area contributed by atoms with Crippen molar-refractivity contribution in [2.45, 2.75) is 39.2 Å². The molecule has 0 spiro atoms. The Morgan fingerprint density at radius 2 is 1.68 bits per heavy atom. The molecule has 1 atom stereocenters. The first-order valence-corrected chi connectivity index (χ1v) is 10.3. The van der Waals surface area contributed by atoms with Crippen LogP contribution in [0.2, 0.25) is 0 Å². The highest BCUT2D eigenvalue weighted by Gasteiger charge is 2.17. The summed E-state index contributed by atoms with van der Waals surface area (Å²) < 4.78 is 21.5. The van der Waals surface area contributed by atoms with Crippen LogP contribution in [0.25, 0.3) is 0 Å². The molecule has 1 amide bonds. The Bertz CT molecular complexity index is 917. The van der Waals surface area contributed by atoms with E-state index in [2.05, 4.69) is 26.1 Å². The van der Waals surface area contributed by atoms with Crippen molar-refractivity contribution in [2.24, 2.45) is 0 Å². The largest absolute Gasteiger partial charge is 0.486 e. The first-order chi connectivity index (χ1) is 14.7. The molecule has 1 aliphatic rings. The first-order valence-electron chi connectivity index (χ1n) is 10.3. The number of carbonyl (C=O) groups is 2. The third-order valence-corrected chi connectivity index (χ3v) is 4.89. The van der Waals surface area contributed by atoms with E-state index in [-0.39, 0.29) is 24.7 Å². The summed E-state index contributed by atoms with van der Waals surface area (Å²) in [5, 5.41) is 2.80. The highest BCUT2D eigenvalue weighted by molar-refractivity contribution is 5.81. The molecule has 3 rings (SSSR count). The number of benzene rings is 2. The smallest absolute Gasteiger partial charge is 0.344 e. The Kier molecular flexibility index (Phi) is 7.05. The van der Waals surface area contributed by atoms with Crippen molar-refractivity contribution in [1.82, 2.24) is 5.32 Å². The summed E-state index contributed by atoms with van der Waals surface area (Å²) in [4.78, 5) is 24.0. The van der Waals surface area contributed by atoms with Gasteiger partial charge >= 0.3 is 5.97 Å². The van der Waals surface area contributed by atoms with E-state index in [1.165, 1.54) is 5.56 Å². The zero-order valence-electron chi connectivity index (χ0n) is 18.4. The van der Waals surface area contributed by atoms with Crippen LogP contribution in [0.4, 0.5) is 0 Å². The van der Waals surface area contributed by atoms with Crippen LogP contribution in [-0.4, -0.2) is 38.3 Å². The van der Waals surface area contributed by atoms with Crippen LogP contribution in [0, 0.1) is 0 Å². The van der Waals surface area contributed by atoms with Crippen LogP contribution in [0.15, 0.2) is 42.5 Å². The van der Waals surface area contributed by atoms with E-state index in [1.807, 2.05) is 49.4 Å². The normalized spacial score (nSPS) is 13.8. The van der Waals surface area contributed by atoms with Gasteiger partial charge in [-0.15, -0.1) is 0 Å². The number of fused-ring (bicyclic) bond motifs is 1. The quantitative estimate of drug-likeness (QED) is 0.681. The molecule has 31 heavy (non-hydrogen) atoms. The van der Waals surface area contributed by atoms with Crippen LogP contribution >= 0.6 is 0 Å². The van der Waals surface area contributed by atoms with Crippen LogP contribution < -0.4 is 19.5 Å². The van der Waals surface area contributed by atoms with E-state index >= 15 is 0 Å². The Morgan fingerprint density at radius 1 is 1.00 bits per heavy atom.